The molecule has 1 aliphatic carbocycles. The lowest BCUT2D eigenvalue weighted by Gasteiger charge is -2.17. The first-order valence-electron chi connectivity index (χ1n) is 9.32. The Morgan fingerprint density at radius 1 is 1.11 bits per heavy atom. The number of hydrogen-bond acceptors (Lipinski definition) is 4. The predicted octanol–water partition coefficient (Wildman–Crippen LogP) is 3.85. The van der Waals surface area contributed by atoms with Gasteiger partial charge in [-0.3, -0.25) is 0 Å². The summed E-state index contributed by atoms with van der Waals surface area (Å²) < 4.78 is 16.2. The number of guanidine groups is 1. The van der Waals surface area contributed by atoms with Gasteiger partial charge in [0, 0.05) is 19.0 Å². The van der Waals surface area contributed by atoms with Crippen LogP contribution in [-0.2, 0) is 13.0 Å². The second-order valence-electron chi connectivity index (χ2n) is 6.73. The lowest BCUT2D eigenvalue weighted by atomic mass is 10.2. The maximum absolute atomic E-state index is 5.45. The van der Waals surface area contributed by atoms with Crippen LogP contribution in [0.4, 0.5) is 0 Å². The standard InChI is InChI=1S/C20H25N3O3.HI/c1-2-5-16(4-1)23-20(21-10-9-17-6-3-11-24-17)22-13-15-7-8-18-19(12-15)26-14-25-18;/h3,6-8,11-12,16H,1-2,4-5,9-10,13-14H2,(H2,21,22,23);1H. The monoisotopic (exact) mass is 483 g/mol. The third-order valence-electron chi connectivity index (χ3n) is 4.80. The van der Waals surface area contributed by atoms with Crippen LogP contribution in [0.15, 0.2) is 46.0 Å². The van der Waals surface area contributed by atoms with Crippen molar-refractivity contribution in [1.29, 1.82) is 0 Å². The minimum absolute atomic E-state index is 0. The number of ether oxygens (including phenoxy) is 2. The van der Waals surface area contributed by atoms with Gasteiger partial charge < -0.3 is 24.5 Å². The van der Waals surface area contributed by atoms with Crippen molar-refractivity contribution in [3.8, 4) is 11.5 Å². The molecule has 1 fully saturated rings. The van der Waals surface area contributed by atoms with Crippen LogP contribution < -0.4 is 20.1 Å². The molecule has 0 bridgehead atoms. The summed E-state index contributed by atoms with van der Waals surface area (Å²) in [5, 5.41) is 7.00. The van der Waals surface area contributed by atoms with Crippen LogP contribution >= 0.6 is 24.0 Å². The van der Waals surface area contributed by atoms with Gasteiger partial charge in [0.1, 0.15) is 5.76 Å². The lowest BCUT2D eigenvalue weighted by Crippen LogP contribution is -2.43. The number of fused-ring (bicyclic) bond motifs is 1. The normalized spacial score (nSPS) is 16.2. The van der Waals surface area contributed by atoms with Crippen LogP contribution in [0, 0.1) is 0 Å². The molecule has 1 aromatic heterocycles. The van der Waals surface area contributed by atoms with Crippen LogP contribution in [0.5, 0.6) is 11.5 Å². The van der Waals surface area contributed by atoms with E-state index in [0.717, 1.165) is 41.7 Å². The number of aliphatic imine (C=N–C) groups is 1. The molecular formula is C20H26IN3O3. The van der Waals surface area contributed by atoms with Crippen molar-refractivity contribution in [3.05, 3.63) is 47.9 Å². The van der Waals surface area contributed by atoms with Gasteiger partial charge in [-0.15, -0.1) is 24.0 Å². The summed E-state index contributed by atoms with van der Waals surface area (Å²) in [6.45, 7) is 1.68. The number of nitrogens with zero attached hydrogens (tertiary/aromatic N) is 1. The van der Waals surface area contributed by atoms with E-state index >= 15 is 0 Å². The minimum atomic E-state index is 0. The Hall–Kier alpha value is -1.90. The second kappa shape index (κ2) is 9.87. The van der Waals surface area contributed by atoms with Crippen LogP contribution in [0.3, 0.4) is 0 Å². The van der Waals surface area contributed by atoms with Crippen molar-refractivity contribution in [2.24, 2.45) is 4.99 Å². The summed E-state index contributed by atoms with van der Waals surface area (Å²) in [5.41, 5.74) is 1.10. The molecule has 2 aliphatic rings. The summed E-state index contributed by atoms with van der Waals surface area (Å²) in [4.78, 5) is 4.77. The van der Waals surface area contributed by atoms with Crippen molar-refractivity contribution < 1.29 is 13.9 Å². The fraction of sp³-hybridized carbons (Fsp3) is 0.450. The Kier molecular flexibility index (Phi) is 7.25. The maximum Gasteiger partial charge on any atom is 0.231 e. The molecule has 0 saturated heterocycles. The summed E-state index contributed by atoms with van der Waals surface area (Å²) in [7, 11) is 0. The quantitative estimate of drug-likeness (QED) is 0.371. The van der Waals surface area contributed by atoms with Crippen LogP contribution in [0.1, 0.15) is 37.0 Å². The van der Waals surface area contributed by atoms with Crippen LogP contribution in [-0.4, -0.2) is 25.3 Å². The first-order chi connectivity index (χ1) is 12.9. The number of rotatable bonds is 6. The highest BCUT2D eigenvalue weighted by atomic mass is 127. The van der Waals surface area contributed by atoms with Crippen molar-refractivity contribution in [3.63, 3.8) is 0 Å². The van der Waals surface area contributed by atoms with Gasteiger partial charge in [0.15, 0.2) is 17.5 Å². The topological polar surface area (TPSA) is 68.0 Å². The Morgan fingerprint density at radius 3 is 2.78 bits per heavy atom. The molecule has 146 valence electrons. The zero-order valence-corrected chi connectivity index (χ0v) is 17.6. The largest absolute Gasteiger partial charge is 0.469 e. The molecule has 0 amide bonds. The SMILES string of the molecule is I.c1coc(CCNC(=NCc2ccc3c(c2)OCO3)NC2CCCC2)c1. The summed E-state index contributed by atoms with van der Waals surface area (Å²) in [5.74, 6) is 3.45. The molecule has 0 spiro atoms. The zero-order chi connectivity index (χ0) is 17.6. The van der Waals surface area contributed by atoms with E-state index in [1.165, 1.54) is 25.7 Å². The van der Waals surface area contributed by atoms with Crippen molar-refractivity contribution in [2.45, 2.75) is 44.7 Å². The minimum Gasteiger partial charge on any atom is -0.469 e. The van der Waals surface area contributed by atoms with Gasteiger partial charge in [-0.25, -0.2) is 4.99 Å². The van der Waals surface area contributed by atoms with Gasteiger partial charge in [0.25, 0.3) is 0 Å². The maximum atomic E-state index is 5.45. The highest BCUT2D eigenvalue weighted by Gasteiger charge is 2.16. The van der Waals surface area contributed by atoms with E-state index in [2.05, 4.69) is 10.6 Å². The number of hydrogen-bond donors (Lipinski definition) is 2. The first-order valence-corrected chi connectivity index (χ1v) is 9.32. The van der Waals surface area contributed by atoms with E-state index in [1.807, 2.05) is 30.3 Å². The molecule has 7 heteroatoms. The molecule has 1 aromatic carbocycles. The van der Waals surface area contributed by atoms with E-state index in [1.54, 1.807) is 6.26 Å². The van der Waals surface area contributed by atoms with Gasteiger partial charge in [-0.2, -0.15) is 0 Å². The third-order valence-corrected chi connectivity index (χ3v) is 4.80. The average molecular weight is 483 g/mol. The molecule has 0 unspecified atom stereocenters. The Balaban J connectivity index is 0.00000210. The Bertz CT molecular complexity index is 743. The summed E-state index contributed by atoms with van der Waals surface area (Å²) >= 11 is 0. The molecule has 4 rings (SSSR count). The Labute approximate surface area is 176 Å². The molecule has 6 nitrogen and oxygen atoms in total. The smallest absolute Gasteiger partial charge is 0.231 e. The fourth-order valence-electron chi connectivity index (χ4n) is 3.38. The molecule has 2 aromatic rings. The second-order valence-corrected chi connectivity index (χ2v) is 6.73. The zero-order valence-electron chi connectivity index (χ0n) is 15.3. The molecule has 2 heterocycles. The fourth-order valence-corrected chi connectivity index (χ4v) is 3.38. The predicted molar refractivity (Wildman–Crippen MR) is 115 cm³/mol. The van der Waals surface area contributed by atoms with Gasteiger partial charge in [0.2, 0.25) is 6.79 Å². The van der Waals surface area contributed by atoms with E-state index < -0.39 is 0 Å². The average Bonchev–Trinajstić information content (AvgIpc) is 3.41. The summed E-state index contributed by atoms with van der Waals surface area (Å²) in [6, 6.07) is 10.4. The molecular weight excluding hydrogens is 457 g/mol. The van der Waals surface area contributed by atoms with Gasteiger partial charge in [-0.1, -0.05) is 18.9 Å². The third kappa shape index (κ3) is 5.54. The molecule has 2 N–H and O–H groups in total. The van der Waals surface area contributed by atoms with Crippen molar-refractivity contribution in [1.82, 2.24) is 10.6 Å². The molecule has 1 saturated carbocycles. The molecule has 0 atom stereocenters. The van der Waals surface area contributed by atoms with Gasteiger partial charge in [-0.05, 0) is 42.7 Å². The van der Waals surface area contributed by atoms with E-state index in [-0.39, 0.29) is 24.0 Å². The number of nitrogens with one attached hydrogen (secondary N) is 2. The lowest BCUT2D eigenvalue weighted by molar-refractivity contribution is 0.174. The number of benzene rings is 1. The van der Waals surface area contributed by atoms with Crippen LogP contribution in [0.25, 0.3) is 0 Å². The van der Waals surface area contributed by atoms with Crippen molar-refractivity contribution >= 4 is 29.9 Å². The van der Waals surface area contributed by atoms with Crippen LogP contribution in [0.2, 0.25) is 0 Å². The highest BCUT2D eigenvalue weighted by molar-refractivity contribution is 14.0. The molecule has 27 heavy (non-hydrogen) atoms. The molecule has 1 aliphatic heterocycles. The Morgan fingerprint density at radius 2 is 1.96 bits per heavy atom. The number of furan rings is 1. The van der Waals surface area contributed by atoms with E-state index in [4.69, 9.17) is 18.9 Å². The molecule has 0 radical (unpaired) electrons. The van der Waals surface area contributed by atoms with Gasteiger partial charge in [0.05, 0.1) is 12.8 Å². The van der Waals surface area contributed by atoms with Crippen molar-refractivity contribution in [2.75, 3.05) is 13.3 Å². The number of halogens is 1. The van der Waals surface area contributed by atoms with E-state index in [0.29, 0.717) is 19.4 Å². The van der Waals surface area contributed by atoms with Gasteiger partial charge >= 0.3 is 0 Å². The summed E-state index contributed by atoms with van der Waals surface area (Å²) in [6.07, 6.45) is 7.55. The van der Waals surface area contributed by atoms with E-state index in [9.17, 15) is 0 Å². The highest BCUT2D eigenvalue weighted by Crippen LogP contribution is 2.32. The first kappa shape index (κ1) is 19.9.